The van der Waals surface area contributed by atoms with Crippen LogP contribution in [0.25, 0.3) is 0 Å². The van der Waals surface area contributed by atoms with E-state index in [2.05, 4.69) is 43.1 Å². The third-order valence-electron chi connectivity index (χ3n) is 3.92. The summed E-state index contributed by atoms with van der Waals surface area (Å²) < 4.78 is 2.17. The van der Waals surface area contributed by atoms with Crippen LogP contribution >= 0.6 is 11.3 Å². The minimum Gasteiger partial charge on any atom is -0.388 e. The minimum atomic E-state index is -0.276. The lowest BCUT2D eigenvalue weighted by Crippen LogP contribution is -2.11. The fraction of sp³-hybridized carbons (Fsp3) is 0.562. The molecule has 0 aliphatic heterocycles. The summed E-state index contributed by atoms with van der Waals surface area (Å²) in [5, 5.41) is 13.3. The number of aromatic nitrogens is 2. The lowest BCUT2D eigenvalue weighted by Gasteiger charge is -2.16. The highest BCUT2D eigenvalue weighted by atomic mass is 32.1. The van der Waals surface area contributed by atoms with E-state index in [0.29, 0.717) is 0 Å². The summed E-state index contributed by atoms with van der Waals surface area (Å²) in [6, 6.07) is 0. The van der Waals surface area contributed by atoms with Crippen molar-refractivity contribution in [3.63, 3.8) is 0 Å². The van der Waals surface area contributed by atoms with Gasteiger partial charge in [0, 0.05) is 28.8 Å². The van der Waals surface area contributed by atoms with E-state index >= 15 is 0 Å². The third-order valence-corrected chi connectivity index (χ3v) is 4.75. The maximum absolute atomic E-state index is 10.0. The number of fused-ring (bicyclic) bond motifs is 1. The van der Waals surface area contributed by atoms with Gasteiger partial charge in [-0.3, -0.25) is 0 Å². The zero-order chi connectivity index (χ0) is 14.3. The summed E-state index contributed by atoms with van der Waals surface area (Å²) in [5.74, 6) is 0. The van der Waals surface area contributed by atoms with Gasteiger partial charge in [-0.25, -0.2) is 4.98 Å². The van der Waals surface area contributed by atoms with E-state index in [0.717, 1.165) is 42.1 Å². The van der Waals surface area contributed by atoms with Gasteiger partial charge < -0.3 is 9.67 Å². The monoisotopic (exact) mass is 290 g/mol. The van der Waals surface area contributed by atoms with E-state index in [1.54, 1.807) is 11.3 Å². The van der Waals surface area contributed by atoms with Gasteiger partial charge >= 0.3 is 0 Å². The number of nitrogens with zero attached hydrogens (tertiary/aromatic N) is 2. The molecular weight excluding hydrogens is 268 g/mol. The van der Waals surface area contributed by atoms with Crippen molar-refractivity contribution in [2.24, 2.45) is 0 Å². The van der Waals surface area contributed by atoms with Gasteiger partial charge in [0.25, 0.3) is 0 Å². The number of rotatable bonds is 2. The lowest BCUT2D eigenvalue weighted by molar-refractivity contribution is 0.157. The Labute approximate surface area is 124 Å². The Bertz CT molecular complexity index is 606. The van der Waals surface area contributed by atoms with Crippen molar-refractivity contribution in [2.75, 3.05) is 0 Å². The van der Waals surface area contributed by atoms with E-state index in [1.807, 2.05) is 0 Å². The summed E-state index contributed by atoms with van der Waals surface area (Å²) >= 11 is 1.72. The maximum Gasteiger partial charge on any atom is 0.113 e. The normalized spacial score (nSPS) is 19.1. The maximum atomic E-state index is 10.0. The van der Waals surface area contributed by atoms with Crippen molar-refractivity contribution in [1.82, 2.24) is 9.55 Å². The van der Waals surface area contributed by atoms with Crippen molar-refractivity contribution < 1.29 is 5.11 Å². The van der Waals surface area contributed by atoms with Gasteiger partial charge in [-0.1, -0.05) is 20.8 Å². The quantitative estimate of drug-likeness (QED) is 0.916. The van der Waals surface area contributed by atoms with Crippen LogP contribution in [0, 0.1) is 0 Å². The fourth-order valence-corrected chi connectivity index (χ4v) is 3.73. The molecule has 1 unspecified atom stereocenters. The van der Waals surface area contributed by atoms with Crippen molar-refractivity contribution in [3.8, 4) is 0 Å². The first-order valence-corrected chi connectivity index (χ1v) is 8.13. The van der Waals surface area contributed by atoms with E-state index < -0.39 is 0 Å². The molecule has 1 aliphatic carbocycles. The van der Waals surface area contributed by atoms with Gasteiger partial charge in [0.05, 0.1) is 18.3 Å². The molecule has 0 bridgehead atoms. The van der Waals surface area contributed by atoms with Gasteiger partial charge in [0.1, 0.15) is 5.01 Å². The summed E-state index contributed by atoms with van der Waals surface area (Å²) in [7, 11) is 0. The SMILES string of the molecule is CC(C)(C)c1csc(Cn2cc3c(c2)C(O)CCC3)n1. The standard InChI is InChI=1S/C16H22N2OS/c1-16(2,3)14-10-20-15(17-14)9-18-7-11-5-4-6-13(19)12(11)8-18/h7-8,10,13,19H,4-6,9H2,1-3H3. The van der Waals surface area contributed by atoms with Crippen molar-refractivity contribution in [3.05, 3.63) is 39.6 Å². The molecule has 2 aromatic rings. The zero-order valence-electron chi connectivity index (χ0n) is 12.4. The molecule has 0 amide bonds. The van der Waals surface area contributed by atoms with Crippen LogP contribution in [0.2, 0.25) is 0 Å². The smallest absolute Gasteiger partial charge is 0.113 e. The van der Waals surface area contributed by atoms with Crippen LogP contribution in [0.5, 0.6) is 0 Å². The van der Waals surface area contributed by atoms with Gasteiger partial charge in [0.2, 0.25) is 0 Å². The molecule has 0 aromatic carbocycles. The Morgan fingerprint density at radius 3 is 2.85 bits per heavy atom. The van der Waals surface area contributed by atoms with Crippen LogP contribution in [0.1, 0.15) is 61.5 Å². The van der Waals surface area contributed by atoms with Crippen LogP contribution in [0.15, 0.2) is 17.8 Å². The van der Waals surface area contributed by atoms with Crippen LogP contribution < -0.4 is 0 Å². The predicted molar refractivity (Wildman–Crippen MR) is 82.2 cm³/mol. The van der Waals surface area contributed by atoms with Gasteiger partial charge in [-0.2, -0.15) is 0 Å². The molecule has 2 heterocycles. The molecule has 3 nitrogen and oxygen atoms in total. The number of hydrogen-bond donors (Lipinski definition) is 1. The van der Waals surface area contributed by atoms with E-state index in [4.69, 9.17) is 4.98 Å². The second kappa shape index (κ2) is 5.01. The highest BCUT2D eigenvalue weighted by molar-refractivity contribution is 7.09. The number of aliphatic hydroxyl groups excluding tert-OH is 1. The first-order chi connectivity index (χ1) is 9.43. The Morgan fingerprint density at radius 2 is 2.20 bits per heavy atom. The number of aryl methyl sites for hydroxylation is 1. The summed E-state index contributed by atoms with van der Waals surface area (Å²) in [4.78, 5) is 4.74. The highest BCUT2D eigenvalue weighted by Crippen LogP contribution is 2.31. The second-order valence-electron chi connectivity index (χ2n) is 6.70. The van der Waals surface area contributed by atoms with Crippen LogP contribution in [-0.4, -0.2) is 14.7 Å². The Hall–Kier alpha value is -1.13. The highest BCUT2D eigenvalue weighted by Gasteiger charge is 2.21. The summed E-state index contributed by atoms with van der Waals surface area (Å²) in [6.45, 7) is 7.38. The summed E-state index contributed by atoms with van der Waals surface area (Å²) in [5.41, 5.74) is 3.69. The molecule has 0 saturated carbocycles. The van der Waals surface area contributed by atoms with E-state index in [9.17, 15) is 5.11 Å². The Kier molecular flexibility index (Phi) is 3.46. The molecule has 0 spiro atoms. The summed E-state index contributed by atoms with van der Waals surface area (Å²) in [6.07, 6.45) is 7.06. The molecular formula is C16H22N2OS. The molecule has 0 radical (unpaired) electrons. The Morgan fingerprint density at radius 1 is 1.40 bits per heavy atom. The molecule has 1 aliphatic rings. The fourth-order valence-electron chi connectivity index (χ4n) is 2.70. The second-order valence-corrected chi connectivity index (χ2v) is 7.64. The zero-order valence-corrected chi connectivity index (χ0v) is 13.2. The molecule has 20 heavy (non-hydrogen) atoms. The number of aliphatic hydroxyl groups is 1. The molecule has 1 atom stereocenters. The van der Waals surface area contributed by atoms with Crippen LogP contribution in [0.3, 0.4) is 0 Å². The van der Waals surface area contributed by atoms with Crippen LogP contribution in [0.4, 0.5) is 0 Å². The average Bonchev–Trinajstić information content (AvgIpc) is 2.96. The predicted octanol–water partition coefficient (Wildman–Crippen LogP) is 3.66. The van der Waals surface area contributed by atoms with Crippen molar-refractivity contribution >= 4 is 11.3 Å². The molecule has 108 valence electrons. The first-order valence-electron chi connectivity index (χ1n) is 7.25. The third kappa shape index (κ3) is 2.67. The molecule has 1 N–H and O–H groups in total. The minimum absolute atomic E-state index is 0.112. The van der Waals surface area contributed by atoms with Gasteiger partial charge in [-0.15, -0.1) is 11.3 Å². The lowest BCUT2D eigenvalue weighted by atomic mass is 9.93. The van der Waals surface area contributed by atoms with Crippen molar-refractivity contribution in [1.29, 1.82) is 0 Å². The van der Waals surface area contributed by atoms with Crippen molar-refractivity contribution in [2.45, 2.75) is 58.1 Å². The van der Waals surface area contributed by atoms with E-state index in [-0.39, 0.29) is 11.5 Å². The molecule has 2 aromatic heterocycles. The Balaban J connectivity index is 1.80. The van der Waals surface area contributed by atoms with Gasteiger partial charge in [0.15, 0.2) is 0 Å². The molecule has 0 saturated heterocycles. The topological polar surface area (TPSA) is 38.0 Å². The molecule has 3 rings (SSSR count). The average molecular weight is 290 g/mol. The largest absolute Gasteiger partial charge is 0.388 e. The van der Waals surface area contributed by atoms with E-state index in [1.165, 1.54) is 5.56 Å². The van der Waals surface area contributed by atoms with Crippen LogP contribution in [-0.2, 0) is 18.4 Å². The molecule has 0 fully saturated rings. The number of hydrogen-bond acceptors (Lipinski definition) is 3. The van der Waals surface area contributed by atoms with Gasteiger partial charge in [-0.05, 0) is 24.8 Å². The number of thiazole rings is 1. The first kappa shape index (κ1) is 13.8. The molecule has 4 heteroatoms.